The molecule has 0 saturated heterocycles. The van der Waals surface area contributed by atoms with Crippen LogP contribution in [0.3, 0.4) is 0 Å². The molecule has 1 heterocycles. The predicted molar refractivity (Wildman–Crippen MR) is 83.2 cm³/mol. The fraction of sp³-hybridized carbons (Fsp3) is 0.312. The van der Waals surface area contributed by atoms with Gasteiger partial charge in [0.05, 0.1) is 0 Å². The lowest BCUT2D eigenvalue weighted by molar-refractivity contribution is 0.472. The Balaban J connectivity index is 2.11. The molecule has 0 radical (unpaired) electrons. The maximum Gasteiger partial charge on any atom is 0.162 e. The molecule has 21 heavy (non-hydrogen) atoms. The Hall–Kier alpha value is -1.33. The Labute approximate surface area is 131 Å². The van der Waals surface area contributed by atoms with E-state index in [-0.39, 0.29) is 6.04 Å². The van der Waals surface area contributed by atoms with Gasteiger partial charge in [-0.1, -0.05) is 19.1 Å². The lowest BCUT2D eigenvalue weighted by Crippen LogP contribution is -2.33. The van der Waals surface area contributed by atoms with Crippen LogP contribution in [0.5, 0.6) is 0 Å². The molecule has 0 spiro atoms. The van der Waals surface area contributed by atoms with Crippen molar-refractivity contribution in [2.75, 3.05) is 6.54 Å². The highest BCUT2D eigenvalue weighted by atomic mass is 79.9. The summed E-state index contributed by atoms with van der Waals surface area (Å²) < 4.78 is 28.0. The zero-order valence-electron chi connectivity index (χ0n) is 11.7. The second-order valence-electron chi connectivity index (χ2n) is 4.84. The first-order chi connectivity index (χ1) is 10.1. The van der Waals surface area contributed by atoms with Gasteiger partial charge in [-0.3, -0.25) is 4.98 Å². The van der Waals surface area contributed by atoms with Crippen molar-refractivity contribution in [3.63, 3.8) is 0 Å². The fourth-order valence-corrected chi connectivity index (χ4v) is 2.49. The third-order valence-electron chi connectivity index (χ3n) is 3.23. The lowest BCUT2D eigenvalue weighted by Gasteiger charge is -2.18. The van der Waals surface area contributed by atoms with Crippen molar-refractivity contribution < 1.29 is 8.78 Å². The Morgan fingerprint density at radius 1 is 1.19 bits per heavy atom. The number of hydrogen-bond acceptors (Lipinski definition) is 2. The first-order valence-electron chi connectivity index (χ1n) is 6.87. The molecule has 1 N–H and O–H groups in total. The third-order valence-corrected chi connectivity index (χ3v) is 3.70. The van der Waals surface area contributed by atoms with Crippen molar-refractivity contribution >= 4 is 15.9 Å². The molecule has 5 heteroatoms. The van der Waals surface area contributed by atoms with E-state index in [1.807, 2.05) is 19.1 Å². The van der Waals surface area contributed by atoms with E-state index in [1.54, 1.807) is 12.3 Å². The zero-order chi connectivity index (χ0) is 15.2. The van der Waals surface area contributed by atoms with Gasteiger partial charge in [-0.2, -0.15) is 0 Å². The van der Waals surface area contributed by atoms with E-state index in [9.17, 15) is 8.78 Å². The summed E-state index contributed by atoms with van der Waals surface area (Å²) in [6.45, 7) is 2.75. The smallest absolute Gasteiger partial charge is 0.162 e. The molecule has 1 aromatic heterocycles. The molecule has 0 aliphatic rings. The van der Waals surface area contributed by atoms with Crippen molar-refractivity contribution in [2.45, 2.75) is 25.8 Å². The van der Waals surface area contributed by atoms with E-state index in [0.717, 1.165) is 22.8 Å². The molecular weight excluding hydrogens is 338 g/mol. The minimum absolute atomic E-state index is 0.0139. The number of likely N-dealkylation sites (N-methyl/N-ethyl adjacent to an activating group) is 1. The van der Waals surface area contributed by atoms with E-state index in [1.165, 1.54) is 6.07 Å². The number of halogens is 3. The number of hydrogen-bond donors (Lipinski definition) is 1. The van der Waals surface area contributed by atoms with Crippen molar-refractivity contribution in [1.29, 1.82) is 0 Å². The summed E-state index contributed by atoms with van der Waals surface area (Å²) in [5.74, 6) is -1.56. The molecule has 0 saturated carbocycles. The SMILES string of the molecule is CCNC(Cc1ccc(Br)cn1)Cc1cccc(F)c1F. The largest absolute Gasteiger partial charge is 0.314 e. The summed E-state index contributed by atoms with van der Waals surface area (Å²) in [4.78, 5) is 4.33. The van der Waals surface area contributed by atoms with Crippen molar-refractivity contribution in [3.05, 3.63) is 63.9 Å². The monoisotopic (exact) mass is 354 g/mol. The standard InChI is InChI=1S/C16H17BrF2N2/c1-2-20-14(9-13-7-6-12(17)10-21-13)8-11-4-3-5-15(18)16(11)19/h3-7,10,14,20H,2,8-9H2,1H3. The number of rotatable bonds is 6. The average molecular weight is 355 g/mol. The van der Waals surface area contributed by atoms with Crippen molar-refractivity contribution in [3.8, 4) is 0 Å². The van der Waals surface area contributed by atoms with Crippen LogP contribution in [0, 0.1) is 11.6 Å². The van der Waals surface area contributed by atoms with Gasteiger partial charge in [0.25, 0.3) is 0 Å². The Kier molecular flexibility index (Phi) is 5.82. The van der Waals surface area contributed by atoms with Crippen LogP contribution in [0.2, 0.25) is 0 Å². The number of nitrogens with one attached hydrogen (secondary N) is 1. The van der Waals surface area contributed by atoms with E-state index in [2.05, 4.69) is 26.2 Å². The van der Waals surface area contributed by atoms with E-state index < -0.39 is 11.6 Å². The molecule has 2 rings (SSSR count). The third kappa shape index (κ3) is 4.58. The molecule has 0 aliphatic carbocycles. The van der Waals surface area contributed by atoms with Gasteiger partial charge in [-0.05, 0) is 52.7 Å². The first kappa shape index (κ1) is 16.0. The molecule has 2 nitrogen and oxygen atoms in total. The minimum atomic E-state index is -0.801. The highest BCUT2D eigenvalue weighted by Crippen LogP contribution is 2.15. The molecular formula is C16H17BrF2N2. The van der Waals surface area contributed by atoms with Gasteiger partial charge in [0, 0.05) is 28.8 Å². The summed E-state index contributed by atoms with van der Waals surface area (Å²) >= 11 is 3.34. The molecule has 0 amide bonds. The summed E-state index contributed by atoms with van der Waals surface area (Å²) in [7, 11) is 0. The van der Waals surface area contributed by atoms with E-state index in [4.69, 9.17) is 0 Å². The maximum absolute atomic E-state index is 13.8. The van der Waals surface area contributed by atoms with Gasteiger partial charge in [0.2, 0.25) is 0 Å². The second-order valence-corrected chi connectivity index (χ2v) is 5.76. The summed E-state index contributed by atoms with van der Waals surface area (Å²) in [5.41, 5.74) is 1.30. The Morgan fingerprint density at radius 2 is 2.00 bits per heavy atom. The second kappa shape index (κ2) is 7.61. The number of aromatic nitrogens is 1. The molecule has 1 atom stereocenters. The van der Waals surface area contributed by atoms with Crippen LogP contribution in [0.15, 0.2) is 41.0 Å². The molecule has 0 fully saturated rings. The van der Waals surface area contributed by atoms with Crippen LogP contribution in [0.1, 0.15) is 18.2 Å². The van der Waals surface area contributed by atoms with Crippen LogP contribution in [-0.4, -0.2) is 17.6 Å². The number of benzene rings is 1. The first-order valence-corrected chi connectivity index (χ1v) is 7.66. The van der Waals surface area contributed by atoms with Crippen LogP contribution < -0.4 is 5.32 Å². The molecule has 1 unspecified atom stereocenters. The number of nitrogens with zero attached hydrogens (tertiary/aromatic N) is 1. The fourth-order valence-electron chi connectivity index (χ4n) is 2.26. The normalized spacial score (nSPS) is 12.4. The van der Waals surface area contributed by atoms with Gasteiger partial charge in [-0.25, -0.2) is 8.78 Å². The summed E-state index contributed by atoms with van der Waals surface area (Å²) in [6, 6.07) is 8.16. The van der Waals surface area contributed by atoms with Gasteiger partial charge in [0.15, 0.2) is 11.6 Å². The number of pyridine rings is 1. The van der Waals surface area contributed by atoms with Gasteiger partial charge in [-0.15, -0.1) is 0 Å². The quantitative estimate of drug-likeness (QED) is 0.851. The van der Waals surface area contributed by atoms with Gasteiger partial charge >= 0.3 is 0 Å². The molecule has 1 aromatic carbocycles. The van der Waals surface area contributed by atoms with Crippen LogP contribution in [-0.2, 0) is 12.8 Å². The average Bonchev–Trinajstić information content (AvgIpc) is 2.46. The Morgan fingerprint density at radius 3 is 2.67 bits per heavy atom. The van der Waals surface area contributed by atoms with Crippen LogP contribution >= 0.6 is 15.9 Å². The van der Waals surface area contributed by atoms with Gasteiger partial charge < -0.3 is 5.32 Å². The van der Waals surface area contributed by atoms with E-state index >= 15 is 0 Å². The highest BCUT2D eigenvalue weighted by molar-refractivity contribution is 9.10. The summed E-state index contributed by atoms with van der Waals surface area (Å²) in [5, 5.41) is 3.30. The topological polar surface area (TPSA) is 24.9 Å². The van der Waals surface area contributed by atoms with Gasteiger partial charge in [0.1, 0.15) is 0 Å². The van der Waals surface area contributed by atoms with Crippen LogP contribution in [0.25, 0.3) is 0 Å². The summed E-state index contributed by atoms with van der Waals surface area (Å²) in [6.07, 6.45) is 2.83. The Bertz CT molecular complexity index is 587. The molecule has 0 bridgehead atoms. The zero-order valence-corrected chi connectivity index (χ0v) is 13.3. The highest BCUT2D eigenvalue weighted by Gasteiger charge is 2.15. The predicted octanol–water partition coefficient (Wildman–Crippen LogP) is 3.89. The maximum atomic E-state index is 13.8. The molecule has 112 valence electrons. The van der Waals surface area contributed by atoms with Crippen LogP contribution in [0.4, 0.5) is 8.78 Å². The van der Waals surface area contributed by atoms with E-state index in [0.29, 0.717) is 18.4 Å². The van der Waals surface area contributed by atoms with Crippen molar-refractivity contribution in [1.82, 2.24) is 10.3 Å². The minimum Gasteiger partial charge on any atom is -0.314 e. The molecule has 0 aliphatic heterocycles. The lowest BCUT2D eigenvalue weighted by atomic mass is 10.0. The van der Waals surface area contributed by atoms with Crippen molar-refractivity contribution in [2.24, 2.45) is 0 Å². The molecule has 2 aromatic rings.